The van der Waals surface area contributed by atoms with Gasteiger partial charge in [0, 0.05) is 25.8 Å². The maximum absolute atomic E-state index is 12.1. The third kappa shape index (κ3) is 3.32. The van der Waals surface area contributed by atoms with Gasteiger partial charge in [-0.25, -0.2) is 0 Å². The quantitative estimate of drug-likeness (QED) is 0.507. The average Bonchev–Trinajstić information content (AvgIpc) is 3.21. The Morgan fingerprint density at radius 2 is 2.35 bits per heavy atom. The highest BCUT2D eigenvalue weighted by Gasteiger charge is 2.32. The van der Waals surface area contributed by atoms with Crippen LogP contribution in [0.5, 0.6) is 0 Å². The smallest absolute Gasteiger partial charge is 0.263 e. The van der Waals surface area contributed by atoms with Crippen molar-refractivity contribution in [2.75, 3.05) is 37.9 Å². The Kier molecular flexibility index (Phi) is 5.03. The summed E-state index contributed by atoms with van der Waals surface area (Å²) in [6.07, 6.45) is 3.95. The molecule has 0 aromatic carbocycles. The summed E-state index contributed by atoms with van der Waals surface area (Å²) in [5.74, 6) is 0.367. The maximum atomic E-state index is 12.1. The predicted octanol–water partition coefficient (Wildman–Crippen LogP) is 2.18. The maximum Gasteiger partial charge on any atom is 0.263 e. The molecule has 0 spiro atoms. The number of rotatable bonds is 8. The second kappa shape index (κ2) is 6.76. The van der Waals surface area contributed by atoms with E-state index in [1.807, 2.05) is 0 Å². The molecule has 1 heterocycles. The minimum absolute atomic E-state index is 0.130. The van der Waals surface area contributed by atoms with Crippen molar-refractivity contribution in [1.29, 1.82) is 0 Å². The molecule has 1 fully saturated rings. The molecule has 4 N–H and O–H groups in total. The third-order valence-corrected chi connectivity index (χ3v) is 4.35. The lowest BCUT2D eigenvalue weighted by molar-refractivity contribution is 0.0963. The standard InChI is InChI=1S/C14H21N3O2S/c1-3-6-16-13(18)12-11(15)10(9-4-5-9)14(20-12)17-7-8-19-2/h3,9,17H,1,4-8,15H2,2H3,(H,16,18). The van der Waals surface area contributed by atoms with Gasteiger partial charge >= 0.3 is 0 Å². The van der Waals surface area contributed by atoms with E-state index >= 15 is 0 Å². The number of hydrogen-bond donors (Lipinski definition) is 3. The fourth-order valence-electron chi connectivity index (χ4n) is 2.05. The van der Waals surface area contributed by atoms with Crippen LogP contribution in [0.15, 0.2) is 12.7 Å². The summed E-state index contributed by atoms with van der Waals surface area (Å²) in [6, 6.07) is 0. The lowest BCUT2D eigenvalue weighted by Crippen LogP contribution is -2.23. The van der Waals surface area contributed by atoms with Crippen molar-refractivity contribution >= 4 is 27.9 Å². The zero-order valence-electron chi connectivity index (χ0n) is 11.7. The molecule has 5 nitrogen and oxygen atoms in total. The molecule has 0 aliphatic heterocycles. The first kappa shape index (κ1) is 14.9. The van der Waals surface area contributed by atoms with Gasteiger partial charge in [0.25, 0.3) is 5.91 Å². The Morgan fingerprint density at radius 3 is 2.95 bits per heavy atom. The van der Waals surface area contributed by atoms with Crippen LogP contribution < -0.4 is 16.4 Å². The Labute approximate surface area is 123 Å². The highest BCUT2D eigenvalue weighted by atomic mass is 32.1. The van der Waals surface area contributed by atoms with Crippen molar-refractivity contribution in [3.63, 3.8) is 0 Å². The molecule has 0 saturated heterocycles. The van der Waals surface area contributed by atoms with Crippen molar-refractivity contribution in [2.45, 2.75) is 18.8 Å². The van der Waals surface area contributed by atoms with E-state index in [0.29, 0.717) is 36.2 Å². The first-order valence-corrected chi connectivity index (χ1v) is 7.54. The average molecular weight is 295 g/mol. The first-order chi connectivity index (χ1) is 9.69. The molecule has 0 atom stereocenters. The van der Waals surface area contributed by atoms with Gasteiger partial charge in [0.15, 0.2) is 0 Å². The van der Waals surface area contributed by atoms with Crippen molar-refractivity contribution in [3.8, 4) is 0 Å². The monoisotopic (exact) mass is 295 g/mol. The molecule has 2 rings (SSSR count). The van der Waals surface area contributed by atoms with Gasteiger partial charge < -0.3 is 21.1 Å². The number of nitrogens with one attached hydrogen (secondary N) is 2. The highest BCUT2D eigenvalue weighted by molar-refractivity contribution is 7.18. The van der Waals surface area contributed by atoms with Crippen LogP contribution in [0.25, 0.3) is 0 Å². The van der Waals surface area contributed by atoms with Gasteiger partial charge in [-0.2, -0.15) is 0 Å². The number of hydrogen-bond acceptors (Lipinski definition) is 5. The van der Waals surface area contributed by atoms with Gasteiger partial charge in [0.05, 0.1) is 17.3 Å². The summed E-state index contributed by atoms with van der Waals surface area (Å²) >= 11 is 1.43. The molecule has 1 aromatic heterocycles. The number of nitrogen functional groups attached to an aromatic ring is 1. The summed E-state index contributed by atoms with van der Waals surface area (Å²) in [5.41, 5.74) is 7.90. The SMILES string of the molecule is C=CCNC(=O)c1sc(NCCOC)c(C2CC2)c1N. The molecular weight excluding hydrogens is 274 g/mol. The molecule has 1 aliphatic rings. The molecular formula is C14H21N3O2S. The van der Waals surface area contributed by atoms with Gasteiger partial charge in [-0.1, -0.05) is 6.08 Å². The minimum atomic E-state index is -0.130. The summed E-state index contributed by atoms with van der Waals surface area (Å²) in [7, 11) is 1.67. The number of anilines is 2. The van der Waals surface area contributed by atoms with Crippen molar-refractivity contribution in [2.24, 2.45) is 0 Å². The van der Waals surface area contributed by atoms with Crippen LogP contribution in [0.2, 0.25) is 0 Å². The van der Waals surface area contributed by atoms with E-state index in [-0.39, 0.29) is 5.91 Å². The van der Waals surface area contributed by atoms with Crippen LogP contribution in [0, 0.1) is 0 Å². The molecule has 1 amide bonds. The lowest BCUT2D eigenvalue weighted by Gasteiger charge is -2.06. The highest BCUT2D eigenvalue weighted by Crippen LogP contribution is 2.50. The third-order valence-electron chi connectivity index (χ3n) is 3.17. The Balaban J connectivity index is 2.17. The number of carbonyl (C=O) groups is 1. The fourth-order valence-corrected chi connectivity index (χ4v) is 3.20. The second-order valence-corrected chi connectivity index (χ2v) is 5.80. The van der Waals surface area contributed by atoms with E-state index in [1.165, 1.54) is 11.3 Å². The summed E-state index contributed by atoms with van der Waals surface area (Å²) < 4.78 is 5.04. The molecule has 110 valence electrons. The van der Waals surface area contributed by atoms with Crippen LogP contribution in [0.1, 0.15) is 34.0 Å². The lowest BCUT2D eigenvalue weighted by atomic mass is 10.1. The zero-order chi connectivity index (χ0) is 14.5. The molecule has 1 aromatic rings. The number of nitrogens with two attached hydrogens (primary N) is 1. The number of thiophene rings is 1. The molecule has 0 unspecified atom stereocenters. The van der Waals surface area contributed by atoms with Gasteiger partial charge in [0.2, 0.25) is 0 Å². The van der Waals surface area contributed by atoms with E-state index < -0.39 is 0 Å². The fraction of sp³-hybridized carbons (Fsp3) is 0.500. The molecule has 6 heteroatoms. The second-order valence-electron chi connectivity index (χ2n) is 4.78. The Bertz CT molecular complexity index is 495. The topological polar surface area (TPSA) is 76.4 Å². The van der Waals surface area contributed by atoms with E-state index in [1.54, 1.807) is 13.2 Å². The molecule has 0 bridgehead atoms. The largest absolute Gasteiger partial charge is 0.397 e. The first-order valence-electron chi connectivity index (χ1n) is 6.73. The summed E-state index contributed by atoms with van der Waals surface area (Å²) in [4.78, 5) is 12.7. The van der Waals surface area contributed by atoms with Crippen molar-refractivity contribution in [3.05, 3.63) is 23.1 Å². The van der Waals surface area contributed by atoms with Crippen molar-refractivity contribution in [1.82, 2.24) is 5.32 Å². The van der Waals surface area contributed by atoms with Crippen LogP contribution in [0.3, 0.4) is 0 Å². The predicted molar refractivity (Wildman–Crippen MR) is 83.6 cm³/mol. The van der Waals surface area contributed by atoms with Crippen LogP contribution in [-0.2, 0) is 4.74 Å². The molecule has 1 saturated carbocycles. The summed E-state index contributed by atoms with van der Waals surface area (Å²) in [5, 5.41) is 7.10. The summed E-state index contributed by atoms with van der Waals surface area (Å²) in [6.45, 7) is 5.37. The zero-order valence-corrected chi connectivity index (χ0v) is 12.5. The van der Waals surface area contributed by atoms with Gasteiger partial charge in [-0.05, 0) is 18.8 Å². The number of methoxy groups -OCH3 is 1. The minimum Gasteiger partial charge on any atom is -0.397 e. The van der Waals surface area contributed by atoms with Crippen LogP contribution in [0.4, 0.5) is 10.7 Å². The van der Waals surface area contributed by atoms with Crippen LogP contribution in [-0.4, -0.2) is 32.7 Å². The Morgan fingerprint density at radius 1 is 1.60 bits per heavy atom. The van der Waals surface area contributed by atoms with Gasteiger partial charge in [-0.3, -0.25) is 4.79 Å². The Hall–Kier alpha value is -1.53. The van der Waals surface area contributed by atoms with E-state index in [0.717, 1.165) is 23.4 Å². The molecule has 1 aliphatic carbocycles. The normalized spacial score (nSPS) is 14.1. The van der Waals surface area contributed by atoms with Crippen LogP contribution >= 0.6 is 11.3 Å². The number of carbonyl (C=O) groups excluding carboxylic acids is 1. The van der Waals surface area contributed by atoms with E-state index in [4.69, 9.17) is 10.5 Å². The number of ether oxygens (including phenoxy) is 1. The van der Waals surface area contributed by atoms with E-state index in [9.17, 15) is 4.79 Å². The van der Waals surface area contributed by atoms with E-state index in [2.05, 4.69) is 17.2 Å². The van der Waals surface area contributed by atoms with Gasteiger partial charge in [0.1, 0.15) is 4.88 Å². The van der Waals surface area contributed by atoms with Crippen molar-refractivity contribution < 1.29 is 9.53 Å². The van der Waals surface area contributed by atoms with Gasteiger partial charge in [-0.15, -0.1) is 17.9 Å². The molecule has 20 heavy (non-hydrogen) atoms. The molecule has 0 radical (unpaired) electrons. The number of amides is 1.